The van der Waals surface area contributed by atoms with Crippen LogP contribution in [0.5, 0.6) is 0 Å². The molecule has 0 aromatic heterocycles. The molecule has 3 heteroatoms. The van der Waals surface area contributed by atoms with E-state index in [0.717, 1.165) is 5.56 Å². The normalized spacial score (nSPS) is 17.6. The minimum absolute atomic E-state index is 0.194. The number of benzene rings is 2. The summed E-state index contributed by atoms with van der Waals surface area (Å²) < 4.78 is 5.13. The van der Waals surface area contributed by atoms with Gasteiger partial charge >= 0.3 is 5.97 Å². The van der Waals surface area contributed by atoms with Crippen molar-refractivity contribution in [2.24, 2.45) is 0 Å². The first-order chi connectivity index (χ1) is 14.8. The van der Waals surface area contributed by atoms with E-state index in [1.54, 1.807) is 0 Å². The van der Waals surface area contributed by atoms with E-state index in [9.17, 15) is 4.79 Å². The number of aryl methyl sites for hydroxylation is 1. The molecule has 0 atom stereocenters. The summed E-state index contributed by atoms with van der Waals surface area (Å²) in [6, 6.07) is 12.8. The smallest absolute Gasteiger partial charge is 0.338 e. The molecule has 2 aromatic rings. The van der Waals surface area contributed by atoms with Crippen molar-refractivity contribution in [1.82, 2.24) is 0 Å². The lowest BCUT2D eigenvalue weighted by Crippen LogP contribution is -2.34. The van der Waals surface area contributed by atoms with Gasteiger partial charge in [-0.2, -0.15) is 0 Å². The number of esters is 1. The molecule has 0 radical (unpaired) electrons. The van der Waals surface area contributed by atoms with Crippen molar-refractivity contribution in [3.63, 3.8) is 0 Å². The van der Waals surface area contributed by atoms with Crippen molar-refractivity contribution in [3.8, 4) is 0 Å². The Bertz CT molecular complexity index is 1030. The summed E-state index contributed by atoms with van der Waals surface area (Å²) in [5.74, 6) is -0.260. The number of carbonyl (C=O) groups is 1. The summed E-state index contributed by atoms with van der Waals surface area (Å²) in [6.45, 7) is 21.3. The average molecular weight is 449 g/mol. The van der Waals surface area contributed by atoms with Gasteiger partial charge in [-0.1, -0.05) is 82.9 Å². The van der Waals surface area contributed by atoms with E-state index >= 15 is 0 Å². The van der Waals surface area contributed by atoms with E-state index in [0.29, 0.717) is 12.2 Å². The first kappa shape index (κ1) is 24.5. The lowest BCUT2D eigenvalue weighted by atomic mass is 9.62. The predicted octanol–water partition coefficient (Wildman–Crippen LogP) is 7.94. The Morgan fingerprint density at radius 2 is 1.50 bits per heavy atom. The van der Waals surface area contributed by atoms with Crippen LogP contribution < -0.4 is 0 Å². The molecule has 0 amide bonds. The van der Waals surface area contributed by atoms with Crippen LogP contribution in [-0.4, -0.2) is 20.7 Å². The van der Waals surface area contributed by atoms with Crippen LogP contribution in [0.3, 0.4) is 0 Å². The minimum Gasteiger partial charge on any atom is -0.462 e. The van der Waals surface area contributed by atoms with Crippen LogP contribution >= 0.6 is 0 Å². The second-order valence-corrected chi connectivity index (χ2v) is 16.7. The molecule has 32 heavy (non-hydrogen) atoms. The molecule has 2 nitrogen and oxygen atoms in total. The van der Waals surface area contributed by atoms with Crippen molar-refractivity contribution in [2.75, 3.05) is 6.61 Å². The minimum atomic E-state index is -1.65. The third-order valence-electron chi connectivity index (χ3n) is 7.03. The van der Waals surface area contributed by atoms with Gasteiger partial charge in [-0.15, -0.1) is 0 Å². The first-order valence-corrected chi connectivity index (χ1v) is 15.4. The lowest BCUT2D eigenvalue weighted by molar-refractivity contribution is 0.0526. The Labute approximate surface area is 196 Å². The molecular formula is C29H40O2Si. The zero-order chi connectivity index (χ0) is 23.9. The van der Waals surface area contributed by atoms with Crippen LogP contribution in [0.15, 0.2) is 36.4 Å². The SMILES string of the molecule is CCOC(=O)c1ccc(/C=C(/c2cc3c(cc2C)C(C)(C)CCC3(C)C)[Si](C)(C)C)cc1. The molecule has 1 aliphatic carbocycles. The maximum atomic E-state index is 12.0. The maximum Gasteiger partial charge on any atom is 0.338 e. The van der Waals surface area contributed by atoms with Gasteiger partial charge in [0.1, 0.15) is 0 Å². The monoisotopic (exact) mass is 448 g/mol. The molecule has 2 aromatic carbocycles. The Balaban J connectivity index is 2.13. The second-order valence-electron chi connectivity index (χ2n) is 11.6. The largest absolute Gasteiger partial charge is 0.462 e. The van der Waals surface area contributed by atoms with Gasteiger partial charge < -0.3 is 4.74 Å². The number of hydrogen-bond acceptors (Lipinski definition) is 2. The summed E-state index contributed by atoms with van der Waals surface area (Å²) in [5, 5.41) is 1.46. The molecule has 0 unspecified atom stereocenters. The van der Waals surface area contributed by atoms with Crippen molar-refractivity contribution < 1.29 is 9.53 Å². The van der Waals surface area contributed by atoms with Gasteiger partial charge in [-0.05, 0) is 77.5 Å². The fourth-order valence-electron chi connectivity index (χ4n) is 4.81. The average Bonchev–Trinajstić information content (AvgIpc) is 2.69. The fourth-order valence-corrected chi connectivity index (χ4v) is 6.48. The van der Waals surface area contributed by atoms with Gasteiger partial charge in [0.25, 0.3) is 0 Å². The van der Waals surface area contributed by atoms with E-state index in [1.165, 1.54) is 40.3 Å². The third kappa shape index (κ3) is 4.93. The van der Waals surface area contributed by atoms with Gasteiger partial charge in [0, 0.05) is 0 Å². The van der Waals surface area contributed by atoms with Crippen molar-refractivity contribution >= 4 is 25.3 Å². The highest BCUT2D eigenvalue weighted by Crippen LogP contribution is 2.47. The highest BCUT2D eigenvalue weighted by atomic mass is 28.3. The molecule has 172 valence electrons. The van der Waals surface area contributed by atoms with Crippen LogP contribution in [0.2, 0.25) is 19.6 Å². The molecule has 0 N–H and O–H groups in total. The van der Waals surface area contributed by atoms with Crippen LogP contribution in [0, 0.1) is 6.92 Å². The maximum absolute atomic E-state index is 12.0. The zero-order valence-corrected chi connectivity index (χ0v) is 22.5. The van der Waals surface area contributed by atoms with Crippen LogP contribution in [-0.2, 0) is 15.6 Å². The van der Waals surface area contributed by atoms with E-state index < -0.39 is 8.07 Å². The van der Waals surface area contributed by atoms with E-state index in [2.05, 4.69) is 72.5 Å². The highest BCUT2D eigenvalue weighted by molar-refractivity contribution is 6.94. The molecule has 0 aliphatic heterocycles. The molecule has 0 spiro atoms. The van der Waals surface area contributed by atoms with Gasteiger partial charge in [-0.3, -0.25) is 0 Å². The Hall–Kier alpha value is -2.13. The van der Waals surface area contributed by atoms with Crippen LogP contribution in [0.1, 0.15) is 85.6 Å². The first-order valence-electron chi connectivity index (χ1n) is 11.9. The third-order valence-corrected chi connectivity index (χ3v) is 9.06. The summed E-state index contributed by atoms with van der Waals surface area (Å²) in [7, 11) is -1.65. The molecule has 1 aliphatic rings. The number of hydrogen-bond donors (Lipinski definition) is 0. The van der Waals surface area contributed by atoms with Crippen molar-refractivity contribution in [1.29, 1.82) is 0 Å². The van der Waals surface area contributed by atoms with E-state index in [1.807, 2.05) is 31.2 Å². The van der Waals surface area contributed by atoms with Crippen molar-refractivity contribution in [2.45, 2.75) is 84.9 Å². The summed E-state index contributed by atoms with van der Waals surface area (Å²) in [5.41, 5.74) is 7.94. The molecule has 0 fully saturated rings. The van der Waals surface area contributed by atoms with E-state index in [-0.39, 0.29) is 16.8 Å². The second kappa shape index (κ2) is 8.66. The quantitative estimate of drug-likeness (QED) is 0.264. The van der Waals surface area contributed by atoms with Crippen LogP contribution in [0.25, 0.3) is 11.3 Å². The molecule has 3 rings (SSSR count). The summed E-state index contributed by atoms with van der Waals surface area (Å²) in [6.07, 6.45) is 4.79. The molecule has 0 heterocycles. The molecule has 0 saturated heterocycles. The molecule has 0 saturated carbocycles. The fraction of sp³-hybridized carbons (Fsp3) is 0.483. The molecule has 0 bridgehead atoms. The highest BCUT2D eigenvalue weighted by Gasteiger charge is 2.38. The van der Waals surface area contributed by atoms with Gasteiger partial charge in [0.15, 0.2) is 0 Å². The van der Waals surface area contributed by atoms with Gasteiger partial charge in [0.05, 0.1) is 20.2 Å². The van der Waals surface area contributed by atoms with Crippen molar-refractivity contribution in [3.05, 3.63) is 69.8 Å². The number of carbonyl (C=O) groups excluding carboxylic acids is 1. The van der Waals surface area contributed by atoms with E-state index in [4.69, 9.17) is 4.74 Å². The van der Waals surface area contributed by atoms with Crippen LogP contribution in [0.4, 0.5) is 0 Å². The van der Waals surface area contributed by atoms with Gasteiger partial charge in [0.2, 0.25) is 0 Å². The van der Waals surface area contributed by atoms with Gasteiger partial charge in [-0.25, -0.2) is 4.79 Å². The number of ether oxygens (including phenoxy) is 1. The molecular weight excluding hydrogens is 408 g/mol. The predicted molar refractivity (Wildman–Crippen MR) is 140 cm³/mol. The zero-order valence-electron chi connectivity index (χ0n) is 21.5. The Kier molecular flexibility index (Phi) is 6.64. The Morgan fingerprint density at radius 1 is 0.969 bits per heavy atom. The number of fused-ring (bicyclic) bond motifs is 1. The Morgan fingerprint density at radius 3 is 2.00 bits per heavy atom. The summed E-state index contributed by atoms with van der Waals surface area (Å²) in [4.78, 5) is 12.0. The standard InChI is InChI=1S/C29H40O2Si/c1-10-31-27(30)22-13-11-21(12-14-22)18-26(32(7,8)9)23-19-25-24(17-20(23)2)28(3,4)15-16-29(25,5)6/h11-14,17-19H,10,15-16H2,1-9H3/b26-18-. The summed E-state index contributed by atoms with van der Waals surface area (Å²) >= 11 is 0. The number of rotatable bonds is 5. The topological polar surface area (TPSA) is 26.3 Å². The lowest BCUT2D eigenvalue weighted by Gasteiger charge is -2.43.